The van der Waals surface area contributed by atoms with Gasteiger partial charge in [-0.05, 0) is 49.4 Å². The summed E-state index contributed by atoms with van der Waals surface area (Å²) in [4.78, 5) is 24.1. The monoisotopic (exact) mass is 348 g/mol. The normalized spacial score (nSPS) is 11.5. The third kappa shape index (κ3) is 4.39. The Morgan fingerprint density at radius 1 is 1.17 bits per heavy atom. The molecule has 0 unspecified atom stereocenters. The lowest BCUT2D eigenvalue weighted by atomic mass is 10.2. The van der Waals surface area contributed by atoms with Crippen molar-refractivity contribution in [2.75, 3.05) is 18.2 Å². The van der Waals surface area contributed by atoms with Crippen LogP contribution < -0.4 is 15.8 Å². The summed E-state index contributed by atoms with van der Waals surface area (Å²) in [5, 5.41) is 3.00. The second kappa shape index (κ2) is 7.70. The van der Waals surface area contributed by atoms with Crippen molar-refractivity contribution in [1.29, 1.82) is 0 Å². The van der Waals surface area contributed by atoms with E-state index in [4.69, 9.17) is 26.8 Å². The molecule has 1 amide bonds. The summed E-state index contributed by atoms with van der Waals surface area (Å²) in [5.74, 6) is -0.431. The first-order valence-corrected chi connectivity index (χ1v) is 7.49. The zero-order chi connectivity index (χ0) is 17.7. The molecule has 2 aromatic rings. The Kier molecular flexibility index (Phi) is 5.65. The first-order valence-electron chi connectivity index (χ1n) is 7.11. The van der Waals surface area contributed by atoms with Crippen LogP contribution in [0.25, 0.3) is 0 Å². The zero-order valence-corrected chi connectivity index (χ0v) is 14.0. The van der Waals surface area contributed by atoms with Gasteiger partial charge in [0.15, 0.2) is 6.10 Å². The number of carbonyl (C=O) groups is 2. The maximum atomic E-state index is 12.1. The minimum absolute atomic E-state index is 0.223. The fourth-order valence-corrected chi connectivity index (χ4v) is 1.99. The number of halogens is 1. The average molecular weight is 349 g/mol. The molecule has 0 spiro atoms. The van der Waals surface area contributed by atoms with Crippen LogP contribution in [0.15, 0.2) is 42.5 Å². The first kappa shape index (κ1) is 17.6. The molecule has 7 heteroatoms. The van der Waals surface area contributed by atoms with E-state index in [-0.39, 0.29) is 11.3 Å². The Labute approximate surface area is 144 Å². The third-order valence-corrected chi connectivity index (χ3v) is 3.59. The third-order valence-electron chi connectivity index (χ3n) is 3.24. The second-order valence-electron chi connectivity index (χ2n) is 5.00. The number of rotatable bonds is 5. The van der Waals surface area contributed by atoms with E-state index in [1.165, 1.54) is 25.1 Å². The number of benzene rings is 2. The first-order chi connectivity index (χ1) is 11.4. The van der Waals surface area contributed by atoms with Crippen LogP contribution in [0, 0.1) is 0 Å². The number of nitrogens with two attached hydrogens (primary N) is 1. The Hall–Kier alpha value is -2.73. The van der Waals surface area contributed by atoms with E-state index in [1.807, 2.05) is 0 Å². The number of hydrogen-bond donors (Lipinski definition) is 2. The molecular weight excluding hydrogens is 332 g/mol. The Balaban J connectivity index is 1.97. The van der Waals surface area contributed by atoms with Crippen LogP contribution in [0.5, 0.6) is 5.75 Å². The number of ether oxygens (including phenoxy) is 2. The van der Waals surface area contributed by atoms with E-state index in [1.54, 1.807) is 31.4 Å². The van der Waals surface area contributed by atoms with Crippen LogP contribution in [0.1, 0.15) is 17.3 Å². The molecule has 126 valence electrons. The highest BCUT2D eigenvalue weighted by molar-refractivity contribution is 6.33. The molecule has 0 heterocycles. The quantitative estimate of drug-likeness (QED) is 0.640. The van der Waals surface area contributed by atoms with Gasteiger partial charge < -0.3 is 20.5 Å². The number of hydrogen-bond acceptors (Lipinski definition) is 5. The maximum absolute atomic E-state index is 12.1. The van der Waals surface area contributed by atoms with Gasteiger partial charge in [0, 0.05) is 5.69 Å². The van der Waals surface area contributed by atoms with Gasteiger partial charge in [0.25, 0.3) is 5.91 Å². The summed E-state index contributed by atoms with van der Waals surface area (Å²) in [6.07, 6.45) is -0.975. The number of esters is 1. The van der Waals surface area contributed by atoms with Gasteiger partial charge in [-0.1, -0.05) is 11.6 Å². The predicted octanol–water partition coefficient (Wildman–Crippen LogP) is 3.11. The fourth-order valence-electron chi connectivity index (χ4n) is 1.87. The van der Waals surface area contributed by atoms with Crippen molar-refractivity contribution in [3.63, 3.8) is 0 Å². The lowest BCUT2D eigenvalue weighted by molar-refractivity contribution is -0.123. The van der Waals surface area contributed by atoms with Crippen LogP contribution in [0.2, 0.25) is 5.02 Å². The number of nitrogen functional groups attached to an aromatic ring is 1. The Bertz CT molecular complexity index is 747. The van der Waals surface area contributed by atoms with Crippen molar-refractivity contribution in [3.8, 4) is 5.75 Å². The molecule has 0 aliphatic carbocycles. The number of carbonyl (C=O) groups excluding carboxylic acids is 2. The van der Waals surface area contributed by atoms with Gasteiger partial charge in [-0.25, -0.2) is 4.79 Å². The van der Waals surface area contributed by atoms with E-state index in [2.05, 4.69) is 5.32 Å². The lowest BCUT2D eigenvalue weighted by Gasteiger charge is -2.14. The van der Waals surface area contributed by atoms with Crippen molar-refractivity contribution in [2.45, 2.75) is 13.0 Å². The van der Waals surface area contributed by atoms with Crippen LogP contribution in [-0.4, -0.2) is 25.1 Å². The topological polar surface area (TPSA) is 90.6 Å². The highest BCUT2D eigenvalue weighted by atomic mass is 35.5. The number of amides is 1. The Morgan fingerprint density at radius 3 is 2.42 bits per heavy atom. The minimum Gasteiger partial charge on any atom is -0.497 e. The van der Waals surface area contributed by atoms with E-state index >= 15 is 0 Å². The highest BCUT2D eigenvalue weighted by Crippen LogP contribution is 2.20. The van der Waals surface area contributed by atoms with E-state index in [0.717, 1.165) is 0 Å². The van der Waals surface area contributed by atoms with Gasteiger partial charge >= 0.3 is 5.97 Å². The van der Waals surface area contributed by atoms with E-state index in [9.17, 15) is 9.59 Å². The molecule has 0 saturated heterocycles. The van der Waals surface area contributed by atoms with Crippen molar-refractivity contribution in [3.05, 3.63) is 53.1 Å². The van der Waals surface area contributed by atoms with Crippen molar-refractivity contribution < 1.29 is 19.1 Å². The SMILES string of the molecule is COc1ccc(NC(=O)[C@@H](C)OC(=O)c2ccc(Cl)c(N)c2)cc1. The van der Waals surface area contributed by atoms with Crippen molar-refractivity contribution in [2.24, 2.45) is 0 Å². The summed E-state index contributed by atoms with van der Waals surface area (Å²) in [6, 6.07) is 11.2. The number of anilines is 2. The molecule has 6 nitrogen and oxygen atoms in total. The van der Waals surface area contributed by atoms with Gasteiger partial charge in [-0.2, -0.15) is 0 Å². The number of methoxy groups -OCH3 is 1. The van der Waals surface area contributed by atoms with E-state index < -0.39 is 18.0 Å². The molecule has 0 bridgehead atoms. The molecule has 0 aliphatic heterocycles. The summed E-state index contributed by atoms with van der Waals surface area (Å²) < 4.78 is 10.2. The smallest absolute Gasteiger partial charge is 0.338 e. The molecule has 2 aromatic carbocycles. The standard InChI is InChI=1S/C17H17ClN2O4/c1-10(16(21)20-12-4-6-13(23-2)7-5-12)24-17(22)11-3-8-14(18)15(19)9-11/h3-10H,19H2,1-2H3,(H,20,21)/t10-/m1/s1. The van der Waals surface area contributed by atoms with Crippen LogP contribution in [0.4, 0.5) is 11.4 Å². The molecule has 0 radical (unpaired) electrons. The fraction of sp³-hybridized carbons (Fsp3) is 0.176. The molecular formula is C17H17ClN2O4. The predicted molar refractivity (Wildman–Crippen MR) is 92.4 cm³/mol. The van der Waals surface area contributed by atoms with Gasteiger partial charge in [-0.15, -0.1) is 0 Å². The molecule has 3 N–H and O–H groups in total. The minimum atomic E-state index is -0.975. The van der Waals surface area contributed by atoms with Crippen molar-refractivity contribution >= 4 is 34.9 Å². The zero-order valence-electron chi connectivity index (χ0n) is 13.2. The maximum Gasteiger partial charge on any atom is 0.338 e. The van der Waals surface area contributed by atoms with E-state index in [0.29, 0.717) is 16.5 Å². The Morgan fingerprint density at radius 2 is 1.83 bits per heavy atom. The molecule has 24 heavy (non-hydrogen) atoms. The van der Waals surface area contributed by atoms with Gasteiger partial charge in [0.2, 0.25) is 0 Å². The summed E-state index contributed by atoms with van der Waals surface area (Å²) in [7, 11) is 1.55. The lowest BCUT2D eigenvalue weighted by Crippen LogP contribution is -2.30. The molecule has 0 fully saturated rings. The molecule has 1 atom stereocenters. The molecule has 0 saturated carbocycles. The van der Waals surface area contributed by atoms with Gasteiger partial charge in [-0.3, -0.25) is 4.79 Å². The summed E-state index contributed by atoms with van der Waals surface area (Å²) >= 11 is 5.80. The average Bonchev–Trinajstić information content (AvgIpc) is 2.57. The van der Waals surface area contributed by atoms with Crippen molar-refractivity contribution in [1.82, 2.24) is 0 Å². The molecule has 0 aliphatic rings. The van der Waals surface area contributed by atoms with Gasteiger partial charge in [0.1, 0.15) is 5.75 Å². The van der Waals surface area contributed by atoms with Crippen LogP contribution in [0.3, 0.4) is 0 Å². The summed E-state index contributed by atoms with van der Waals surface area (Å²) in [5.41, 5.74) is 6.70. The van der Waals surface area contributed by atoms with Crippen LogP contribution in [-0.2, 0) is 9.53 Å². The largest absolute Gasteiger partial charge is 0.497 e. The highest BCUT2D eigenvalue weighted by Gasteiger charge is 2.19. The molecule has 0 aromatic heterocycles. The van der Waals surface area contributed by atoms with Crippen LogP contribution >= 0.6 is 11.6 Å². The van der Waals surface area contributed by atoms with Gasteiger partial charge in [0.05, 0.1) is 23.4 Å². The molecule has 2 rings (SSSR count). The number of nitrogens with one attached hydrogen (secondary N) is 1. The summed E-state index contributed by atoms with van der Waals surface area (Å²) in [6.45, 7) is 1.48. The second-order valence-corrected chi connectivity index (χ2v) is 5.41.